The quantitative estimate of drug-likeness (QED) is 0.429. The maximum Gasteiger partial charge on any atom is 0.266 e. The van der Waals surface area contributed by atoms with Gasteiger partial charge in [0.05, 0.1) is 11.5 Å². The lowest BCUT2D eigenvalue weighted by molar-refractivity contribution is 0.484. The van der Waals surface area contributed by atoms with Crippen molar-refractivity contribution in [3.8, 4) is 11.1 Å². The Bertz CT molecular complexity index is 862. The molecule has 2 aromatic carbocycles. The van der Waals surface area contributed by atoms with Gasteiger partial charge in [-0.3, -0.25) is 4.55 Å². The van der Waals surface area contributed by atoms with Crippen molar-refractivity contribution in [2.24, 2.45) is 0 Å². The van der Waals surface area contributed by atoms with Gasteiger partial charge in [-0.15, -0.1) is 0 Å². The summed E-state index contributed by atoms with van der Waals surface area (Å²) in [5.41, 5.74) is 3.54. The van der Waals surface area contributed by atoms with E-state index in [1.807, 2.05) is 48.5 Å². The van der Waals surface area contributed by atoms with E-state index in [1.165, 1.54) is 0 Å². The average Bonchev–Trinajstić information content (AvgIpc) is 2.59. The van der Waals surface area contributed by atoms with Gasteiger partial charge in [-0.25, -0.2) is 0 Å². The number of hydrogen-bond acceptors (Lipinski definition) is 5. The van der Waals surface area contributed by atoms with E-state index >= 15 is 0 Å². The number of anilines is 1. The van der Waals surface area contributed by atoms with Gasteiger partial charge in [0.15, 0.2) is 0 Å². The summed E-state index contributed by atoms with van der Waals surface area (Å²) in [6, 6.07) is 15.4. The van der Waals surface area contributed by atoms with Gasteiger partial charge >= 0.3 is 0 Å². The summed E-state index contributed by atoms with van der Waals surface area (Å²) in [6.45, 7) is 0.0551. The molecule has 4 N–H and O–H groups in total. The van der Waals surface area contributed by atoms with Gasteiger partial charge in [0.1, 0.15) is 0 Å². The molecule has 0 radical (unpaired) electrons. The van der Waals surface area contributed by atoms with Crippen molar-refractivity contribution >= 4 is 21.5 Å². The molecule has 0 atom stereocenters. The van der Waals surface area contributed by atoms with Crippen LogP contribution in [0.1, 0.15) is 5.56 Å². The lowest BCUT2D eigenvalue weighted by atomic mass is 9.99. The first-order valence-corrected chi connectivity index (χ1v) is 9.33. The van der Waals surface area contributed by atoms with Gasteiger partial charge in [0, 0.05) is 24.8 Å². The van der Waals surface area contributed by atoms with Crippen LogP contribution >= 0.6 is 0 Å². The van der Waals surface area contributed by atoms with Crippen LogP contribution in [0.25, 0.3) is 11.1 Å². The second kappa shape index (κ2) is 8.46. The Kier molecular flexibility index (Phi) is 6.32. The average molecular weight is 359 g/mol. The fourth-order valence-corrected chi connectivity index (χ4v) is 2.66. The van der Waals surface area contributed by atoms with Gasteiger partial charge in [-0.05, 0) is 35.5 Å². The van der Waals surface area contributed by atoms with Crippen LogP contribution < -0.4 is 10.6 Å². The monoisotopic (exact) mass is 359 g/mol. The zero-order chi connectivity index (χ0) is 18.3. The van der Waals surface area contributed by atoms with E-state index in [2.05, 4.69) is 10.6 Å². The van der Waals surface area contributed by atoms with Crippen molar-refractivity contribution in [3.63, 3.8) is 0 Å². The predicted octanol–water partition coefficient (Wildman–Crippen LogP) is 2.75. The largest absolute Gasteiger partial charge is 0.394 e. The molecule has 0 heterocycles. The molecule has 0 fully saturated rings. The van der Waals surface area contributed by atoms with Crippen LogP contribution in [0.4, 0.5) is 5.69 Å². The Morgan fingerprint density at radius 1 is 1.16 bits per heavy atom. The molecule has 0 saturated heterocycles. The van der Waals surface area contributed by atoms with Crippen molar-refractivity contribution in [2.75, 3.05) is 24.7 Å². The number of allylic oxidation sites excluding steroid dienone is 1. The topological polar surface area (TPSA) is 102 Å². The highest BCUT2D eigenvalue weighted by molar-refractivity contribution is 7.85. The van der Waals surface area contributed by atoms with Crippen LogP contribution in [0.2, 0.25) is 0 Å². The van der Waals surface area contributed by atoms with Crippen molar-refractivity contribution in [1.29, 1.82) is 5.41 Å². The van der Waals surface area contributed by atoms with Crippen LogP contribution in [0.15, 0.2) is 60.8 Å². The zero-order valence-corrected chi connectivity index (χ0v) is 14.7. The Balaban J connectivity index is 2.34. The van der Waals surface area contributed by atoms with Crippen molar-refractivity contribution in [3.05, 3.63) is 66.4 Å². The summed E-state index contributed by atoms with van der Waals surface area (Å²) in [4.78, 5) is 0. The third-order valence-electron chi connectivity index (χ3n) is 3.51. The molecule has 0 aliphatic carbocycles. The highest BCUT2D eigenvalue weighted by atomic mass is 32.2. The Labute approximate surface area is 147 Å². The Morgan fingerprint density at radius 2 is 1.88 bits per heavy atom. The van der Waals surface area contributed by atoms with Gasteiger partial charge < -0.3 is 16.0 Å². The molecule has 0 saturated carbocycles. The SMILES string of the molecule is CN/C=C\C(=N)c1cc(-c2ccccc2)ccc1NCCS(=O)(=O)O. The summed E-state index contributed by atoms with van der Waals surface area (Å²) in [5, 5.41) is 14.1. The molecule has 25 heavy (non-hydrogen) atoms. The highest BCUT2D eigenvalue weighted by Crippen LogP contribution is 2.26. The number of rotatable bonds is 8. The number of benzene rings is 2. The third kappa shape index (κ3) is 5.74. The minimum atomic E-state index is -4.03. The molecule has 132 valence electrons. The van der Waals surface area contributed by atoms with Gasteiger partial charge in [0.25, 0.3) is 10.1 Å². The lowest BCUT2D eigenvalue weighted by Crippen LogP contribution is -2.16. The van der Waals surface area contributed by atoms with Crippen LogP contribution in [0.3, 0.4) is 0 Å². The van der Waals surface area contributed by atoms with Crippen molar-refractivity contribution in [1.82, 2.24) is 5.32 Å². The smallest absolute Gasteiger partial charge is 0.266 e. The van der Waals surface area contributed by atoms with Crippen LogP contribution in [-0.2, 0) is 10.1 Å². The standard InChI is InChI=1S/C18H21N3O3S/c1-20-10-9-17(19)16-13-15(14-5-3-2-4-6-14)7-8-18(16)21-11-12-25(22,23)24/h2-10,13,19-21H,11-12H2,1H3,(H,22,23,24)/b10-9-,19-17?. The molecule has 6 nitrogen and oxygen atoms in total. The normalized spacial score (nSPS) is 11.4. The van der Waals surface area contributed by atoms with Crippen LogP contribution in [0.5, 0.6) is 0 Å². The third-order valence-corrected chi connectivity index (χ3v) is 4.23. The summed E-state index contributed by atoms with van der Waals surface area (Å²) < 4.78 is 30.6. The first-order valence-electron chi connectivity index (χ1n) is 7.72. The Morgan fingerprint density at radius 3 is 2.52 bits per heavy atom. The molecule has 0 spiro atoms. The molecular weight excluding hydrogens is 338 g/mol. The molecular formula is C18H21N3O3S. The summed E-state index contributed by atoms with van der Waals surface area (Å²) in [7, 11) is -2.29. The molecule has 2 aromatic rings. The molecule has 0 aromatic heterocycles. The first kappa shape index (κ1) is 18.7. The molecule has 2 rings (SSSR count). The van der Waals surface area contributed by atoms with E-state index in [4.69, 9.17) is 9.96 Å². The van der Waals surface area contributed by atoms with Crippen molar-refractivity contribution in [2.45, 2.75) is 0 Å². The number of hydrogen-bond donors (Lipinski definition) is 4. The molecule has 0 aliphatic rings. The predicted molar refractivity (Wildman–Crippen MR) is 102 cm³/mol. The minimum Gasteiger partial charge on any atom is -0.394 e. The molecule has 0 bridgehead atoms. The Hall–Kier alpha value is -2.64. The van der Waals surface area contributed by atoms with E-state index in [-0.39, 0.29) is 12.3 Å². The molecule has 0 aliphatic heterocycles. The van der Waals surface area contributed by atoms with E-state index in [9.17, 15) is 8.42 Å². The summed E-state index contributed by atoms with van der Waals surface area (Å²) >= 11 is 0. The van der Waals surface area contributed by atoms with E-state index in [0.29, 0.717) is 11.3 Å². The fourth-order valence-electron chi connectivity index (χ4n) is 2.30. The second-order valence-electron chi connectivity index (χ2n) is 5.37. The summed E-state index contributed by atoms with van der Waals surface area (Å²) in [5.74, 6) is -0.396. The second-order valence-corrected chi connectivity index (χ2v) is 6.95. The molecule has 0 unspecified atom stereocenters. The minimum absolute atomic E-state index is 0.0551. The highest BCUT2D eigenvalue weighted by Gasteiger charge is 2.10. The maximum absolute atomic E-state index is 10.9. The maximum atomic E-state index is 10.9. The van der Waals surface area contributed by atoms with Gasteiger partial charge in [-0.1, -0.05) is 36.4 Å². The van der Waals surface area contributed by atoms with E-state index in [0.717, 1.165) is 11.1 Å². The van der Waals surface area contributed by atoms with Crippen LogP contribution in [0, 0.1) is 5.41 Å². The molecule has 0 amide bonds. The van der Waals surface area contributed by atoms with Gasteiger partial charge in [0.2, 0.25) is 0 Å². The lowest BCUT2D eigenvalue weighted by Gasteiger charge is -2.13. The zero-order valence-electron chi connectivity index (χ0n) is 13.9. The first-order chi connectivity index (χ1) is 11.9. The van der Waals surface area contributed by atoms with E-state index in [1.54, 1.807) is 19.3 Å². The van der Waals surface area contributed by atoms with Gasteiger partial charge in [-0.2, -0.15) is 8.42 Å². The van der Waals surface area contributed by atoms with E-state index < -0.39 is 15.9 Å². The number of nitrogens with one attached hydrogen (secondary N) is 3. The van der Waals surface area contributed by atoms with Crippen LogP contribution in [-0.4, -0.2) is 38.0 Å². The van der Waals surface area contributed by atoms with Crippen molar-refractivity contribution < 1.29 is 13.0 Å². The fraction of sp³-hybridized carbons (Fsp3) is 0.167. The summed E-state index contributed by atoms with van der Waals surface area (Å²) in [6.07, 6.45) is 3.28. The molecule has 7 heteroatoms.